The fourth-order valence-electron chi connectivity index (χ4n) is 5.37. The van der Waals surface area contributed by atoms with Gasteiger partial charge in [-0.15, -0.1) is 0 Å². The molecule has 3 aliphatic heterocycles. The maximum absolute atomic E-state index is 13.6. The molecule has 0 aromatic heterocycles. The Morgan fingerprint density at radius 2 is 1.92 bits per heavy atom. The van der Waals surface area contributed by atoms with Crippen LogP contribution in [-0.4, -0.2) is 83.8 Å². The zero-order chi connectivity index (χ0) is 28.5. The minimum atomic E-state index is -1.70. The third kappa shape index (κ3) is 5.19. The van der Waals surface area contributed by atoms with Gasteiger partial charge < -0.3 is 15.5 Å². The van der Waals surface area contributed by atoms with Gasteiger partial charge in [-0.2, -0.15) is 0 Å². The normalized spacial score (nSPS) is 25.6. The van der Waals surface area contributed by atoms with Gasteiger partial charge in [0.25, 0.3) is 17.6 Å². The second-order valence-electron chi connectivity index (χ2n) is 10.5. The first-order chi connectivity index (χ1) is 18.4. The van der Waals surface area contributed by atoms with Crippen molar-refractivity contribution in [3.05, 3.63) is 45.6 Å². The maximum atomic E-state index is 13.6. The molecule has 1 aromatic rings. The lowest BCUT2D eigenvalue weighted by molar-refractivity contribution is -0.146. The third-order valence-electron chi connectivity index (χ3n) is 7.66. The molecule has 206 valence electrons. The van der Waals surface area contributed by atoms with Crippen LogP contribution in [0.1, 0.15) is 36.8 Å². The lowest BCUT2D eigenvalue weighted by atomic mass is 9.68. The fourth-order valence-corrected chi connectivity index (χ4v) is 5.37. The average Bonchev–Trinajstić information content (AvgIpc) is 3.12. The first-order valence-corrected chi connectivity index (χ1v) is 12.4. The predicted molar refractivity (Wildman–Crippen MR) is 135 cm³/mol. The zero-order valence-electron chi connectivity index (χ0n) is 21.9. The number of benzene rings is 1. The molecule has 1 saturated carbocycles. The second-order valence-corrected chi connectivity index (χ2v) is 10.5. The van der Waals surface area contributed by atoms with E-state index >= 15 is 0 Å². The van der Waals surface area contributed by atoms with Crippen LogP contribution in [0.25, 0.3) is 10.4 Å². The number of nitrogens with one attached hydrogen (secondary N) is 2. The van der Waals surface area contributed by atoms with Crippen molar-refractivity contribution < 1.29 is 28.4 Å². The van der Waals surface area contributed by atoms with E-state index in [1.165, 1.54) is 26.2 Å². The number of amidine groups is 1. The van der Waals surface area contributed by atoms with E-state index in [2.05, 4.69) is 25.7 Å². The Morgan fingerprint density at radius 1 is 1.23 bits per heavy atom. The van der Waals surface area contributed by atoms with Crippen molar-refractivity contribution in [1.29, 1.82) is 0 Å². The van der Waals surface area contributed by atoms with E-state index in [9.17, 15) is 28.4 Å². The molecule has 4 amide bonds. The Balaban J connectivity index is 1.69. The topological polar surface area (TPSA) is 177 Å². The molecule has 3 fully saturated rings. The molecule has 2 saturated heterocycles. The first-order valence-electron chi connectivity index (χ1n) is 12.4. The molecule has 5 rings (SSSR count). The molecular weight excluding hydrogens is 511 g/mol. The van der Waals surface area contributed by atoms with Crippen molar-refractivity contribution in [2.24, 2.45) is 15.5 Å². The standard InChI is InChI=1S/C25H29FN8O5/c1-14-10-15(4-5-16(14)26)11-28-19(36)17-18(35)21(38)34-13-24(12-29-32-27)6-8-25(9-7-24,23(34)30-17)31-20(37)22(39)33(2)3/h4-5,10,17H,6-9,11-13H2,1-3H3,(H,28,36)(H,31,37). The SMILES string of the molecule is Cc1cc(CNC(=O)C2N=C3N(CC4(CN=[N+]=[N-])CCC3(NC(=O)C(=O)N(C)C)CC4)C(=O)C2=O)ccc1F. The van der Waals surface area contributed by atoms with Crippen molar-refractivity contribution in [3.8, 4) is 0 Å². The number of azide groups is 1. The number of Topliss-reactive ketones (excluding diaryl/α,β-unsaturated/α-hetero) is 1. The average molecular weight is 541 g/mol. The molecule has 39 heavy (non-hydrogen) atoms. The molecule has 0 radical (unpaired) electrons. The molecule has 1 unspecified atom stereocenters. The molecule has 4 aliphatic rings. The first kappa shape index (κ1) is 27.7. The number of carbonyl (C=O) groups excluding carboxylic acids is 5. The minimum absolute atomic E-state index is 0.0118. The van der Waals surface area contributed by atoms with Crippen LogP contribution in [0, 0.1) is 18.2 Å². The number of rotatable bonds is 6. The van der Waals surface area contributed by atoms with E-state index in [1.54, 1.807) is 13.0 Å². The summed E-state index contributed by atoms with van der Waals surface area (Å²) in [5, 5.41) is 9.03. The largest absolute Gasteiger partial charge is 0.350 e. The van der Waals surface area contributed by atoms with E-state index < -0.39 is 52.2 Å². The highest BCUT2D eigenvalue weighted by Gasteiger charge is 2.57. The summed E-state index contributed by atoms with van der Waals surface area (Å²) < 4.78 is 13.6. The number of aliphatic imine (C=N–C) groups is 1. The van der Waals surface area contributed by atoms with Gasteiger partial charge in [0.15, 0.2) is 6.04 Å². The summed E-state index contributed by atoms with van der Waals surface area (Å²) in [5.41, 5.74) is 7.92. The van der Waals surface area contributed by atoms with Crippen LogP contribution in [0.15, 0.2) is 28.3 Å². The van der Waals surface area contributed by atoms with Gasteiger partial charge in [-0.3, -0.25) is 28.9 Å². The Labute approximate surface area is 223 Å². The number of hydrogen-bond acceptors (Lipinski definition) is 7. The Morgan fingerprint density at radius 3 is 2.54 bits per heavy atom. The van der Waals surface area contributed by atoms with Gasteiger partial charge in [-0.25, -0.2) is 9.38 Å². The molecule has 0 spiro atoms. The van der Waals surface area contributed by atoms with Crippen molar-refractivity contribution in [1.82, 2.24) is 20.4 Å². The van der Waals surface area contributed by atoms with E-state index in [1.807, 2.05) is 0 Å². The van der Waals surface area contributed by atoms with Crippen molar-refractivity contribution in [3.63, 3.8) is 0 Å². The highest BCUT2D eigenvalue weighted by Crippen LogP contribution is 2.47. The molecule has 1 atom stereocenters. The van der Waals surface area contributed by atoms with E-state index in [4.69, 9.17) is 5.53 Å². The summed E-state index contributed by atoms with van der Waals surface area (Å²) >= 11 is 0. The zero-order valence-corrected chi connectivity index (χ0v) is 21.9. The van der Waals surface area contributed by atoms with Gasteiger partial charge in [0.1, 0.15) is 11.7 Å². The third-order valence-corrected chi connectivity index (χ3v) is 7.66. The summed E-state index contributed by atoms with van der Waals surface area (Å²) in [6, 6.07) is 2.61. The monoisotopic (exact) mass is 540 g/mol. The van der Waals surface area contributed by atoms with E-state index in [0.29, 0.717) is 24.0 Å². The number of amides is 4. The van der Waals surface area contributed by atoms with E-state index in [-0.39, 0.29) is 38.3 Å². The molecule has 14 heteroatoms. The number of halogens is 1. The van der Waals surface area contributed by atoms with Crippen LogP contribution in [0.3, 0.4) is 0 Å². The number of ketones is 1. The number of likely N-dealkylation sites (N-methyl/N-ethyl adjacent to an activating group) is 1. The van der Waals surface area contributed by atoms with Crippen molar-refractivity contribution in [2.45, 2.75) is 50.7 Å². The van der Waals surface area contributed by atoms with Gasteiger partial charge in [0.2, 0.25) is 0 Å². The van der Waals surface area contributed by atoms with E-state index in [0.717, 1.165) is 9.80 Å². The van der Waals surface area contributed by atoms with Crippen LogP contribution >= 0.6 is 0 Å². The maximum Gasteiger partial charge on any atom is 0.311 e. The quantitative estimate of drug-likeness (QED) is 0.178. The Hall–Kier alpha value is -4.32. The Kier molecular flexibility index (Phi) is 7.42. The van der Waals surface area contributed by atoms with Gasteiger partial charge in [0, 0.05) is 38.6 Å². The van der Waals surface area contributed by atoms with Crippen LogP contribution in [0.2, 0.25) is 0 Å². The second kappa shape index (κ2) is 10.4. The van der Waals surface area contributed by atoms with Gasteiger partial charge in [-0.05, 0) is 60.7 Å². The van der Waals surface area contributed by atoms with Crippen molar-refractivity contribution >= 4 is 35.2 Å². The number of nitrogens with zero attached hydrogens (tertiary/aromatic N) is 6. The van der Waals surface area contributed by atoms with Crippen LogP contribution < -0.4 is 10.6 Å². The lowest BCUT2D eigenvalue weighted by Gasteiger charge is -2.42. The highest BCUT2D eigenvalue weighted by atomic mass is 19.1. The number of carbonyl (C=O) groups is 5. The number of fused-ring (bicyclic) bond motifs is 2. The highest BCUT2D eigenvalue weighted by molar-refractivity contribution is 6.46. The fraction of sp³-hybridized carbons (Fsp3) is 0.520. The molecule has 13 nitrogen and oxygen atoms in total. The summed E-state index contributed by atoms with van der Waals surface area (Å²) in [6.45, 7) is 1.63. The summed E-state index contributed by atoms with van der Waals surface area (Å²) in [5.74, 6) is -4.92. The Bertz CT molecular complexity index is 1330. The summed E-state index contributed by atoms with van der Waals surface area (Å²) in [6.07, 6.45) is 1.33. The molecule has 2 N–H and O–H groups in total. The summed E-state index contributed by atoms with van der Waals surface area (Å²) in [7, 11) is 2.85. The number of aryl methyl sites for hydroxylation is 1. The summed E-state index contributed by atoms with van der Waals surface area (Å²) in [4.78, 5) is 74.3. The molecule has 1 aliphatic carbocycles. The van der Waals surface area contributed by atoms with Crippen molar-refractivity contribution in [2.75, 3.05) is 27.2 Å². The van der Waals surface area contributed by atoms with Gasteiger partial charge >= 0.3 is 11.8 Å². The van der Waals surface area contributed by atoms with Crippen LogP contribution in [0.4, 0.5) is 4.39 Å². The smallest absolute Gasteiger partial charge is 0.311 e. The van der Waals surface area contributed by atoms with Gasteiger partial charge in [0.05, 0.1) is 5.54 Å². The molecular formula is C25H29FN8O5. The minimum Gasteiger partial charge on any atom is -0.350 e. The van der Waals surface area contributed by atoms with Gasteiger partial charge in [-0.1, -0.05) is 17.2 Å². The van der Waals surface area contributed by atoms with Crippen LogP contribution in [0.5, 0.6) is 0 Å². The molecule has 1 aromatic carbocycles. The molecule has 2 bridgehead atoms. The lowest BCUT2D eigenvalue weighted by Crippen LogP contribution is -2.65. The predicted octanol–water partition coefficient (Wildman–Crippen LogP) is 0.756. The molecule has 3 heterocycles. The number of hydrogen-bond donors (Lipinski definition) is 2. The van der Waals surface area contributed by atoms with Crippen LogP contribution in [-0.2, 0) is 30.5 Å².